The number of carboxylic acid groups (broad SMARTS) is 1. The Kier molecular flexibility index (Phi) is 3.19. The summed E-state index contributed by atoms with van der Waals surface area (Å²) in [4.78, 5) is 11.5. The van der Waals surface area contributed by atoms with Crippen molar-refractivity contribution in [2.24, 2.45) is 0 Å². The van der Waals surface area contributed by atoms with Crippen LogP contribution in [0.3, 0.4) is 0 Å². The van der Waals surface area contributed by atoms with Crippen molar-refractivity contribution in [1.29, 1.82) is 0 Å². The summed E-state index contributed by atoms with van der Waals surface area (Å²) < 4.78 is 0. The minimum atomic E-state index is -0.844. The highest BCUT2D eigenvalue weighted by Gasteiger charge is 2.24. The first-order valence-electron chi connectivity index (χ1n) is 6.63. The predicted molar refractivity (Wildman–Crippen MR) is 77.1 cm³/mol. The summed E-state index contributed by atoms with van der Waals surface area (Å²) in [6, 6.07) is 9.25. The van der Waals surface area contributed by atoms with E-state index >= 15 is 0 Å². The highest BCUT2D eigenvalue weighted by Crippen LogP contribution is 2.40. The zero-order chi connectivity index (χ0) is 13.4. The number of carboxylic acids is 1. The first-order chi connectivity index (χ1) is 9.18. The van der Waals surface area contributed by atoms with Crippen LogP contribution in [0.1, 0.15) is 47.5 Å². The van der Waals surface area contributed by atoms with Crippen LogP contribution in [0.4, 0.5) is 0 Å². The van der Waals surface area contributed by atoms with Gasteiger partial charge in [-0.05, 0) is 41.8 Å². The molecule has 1 N–H and O–H groups in total. The molecule has 1 aliphatic carbocycles. The van der Waals surface area contributed by atoms with Crippen LogP contribution in [0.15, 0.2) is 30.3 Å². The van der Waals surface area contributed by atoms with Crippen molar-refractivity contribution in [2.75, 3.05) is 0 Å². The van der Waals surface area contributed by atoms with Crippen LogP contribution in [0.5, 0.6) is 0 Å². The van der Waals surface area contributed by atoms with E-state index < -0.39 is 5.97 Å². The number of carbonyl (C=O) groups is 1. The second kappa shape index (κ2) is 4.86. The number of rotatable bonds is 2. The molecule has 0 spiro atoms. The van der Waals surface area contributed by atoms with Crippen LogP contribution in [-0.2, 0) is 0 Å². The Morgan fingerprint density at radius 3 is 2.53 bits per heavy atom. The molecular formula is C16H15ClO2. The highest BCUT2D eigenvalue weighted by atomic mass is 35.5. The smallest absolute Gasteiger partial charge is 0.335 e. The van der Waals surface area contributed by atoms with Gasteiger partial charge >= 0.3 is 5.97 Å². The van der Waals surface area contributed by atoms with Crippen molar-refractivity contribution in [1.82, 2.24) is 0 Å². The van der Waals surface area contributed by atoms with Crippen molar-refractivity contribution >= 4 is 28.3 Å². The van der Waals surface area contributed by atoms with E-state index in [0.717, 1.165) is 29.2 Å². The lowest BCUT2D eigenvalue weighted by molar-refractivity contribution is 0.0695. The Morgan fingerprint density at radius 1 is 1.11 bits per heavy atom. The van der Waals surface area contributed by atoms with Gasteiger partial charge < -0.3 is 5.11 Å². The summed E-state index contributed by atoms with van der Waals surface area (Å²) in [5.74, 6) is -0.489. The molecule has 0 aromatic heterocycles. The van der Waals surface area contributed by atoms with Gasteiger partial charge in [-0.3, -0.25) is 0 Å². The van der Waals surface area contributed by atoms with Crippen LogP contribution < -0.4 is 0 Å². The molecule has 2 aromatic carbocycles. The molecule has 1 aliphatic rings. The molecule has 19 heavy (non-hydrogen) atoms. The van der Waals surface area contributed by atoms with Crippen molar-refractivity contribution < 1.29 is 9.90 Å². The molecule has 0 aliphatic heterocycles. The summed E-state index contributed by atoms with van der Waals surface area (Å²) in [5.41, 5.74) is 1.41. The van der Waals surface area contributed by atoms with Gasteiger partial charge in [-0.15, -0.1) is 0 Å². The number of hydrogen-bond acceptors (Lipinski definition) is 1. The van der Waals surface area contributed by atoms with E-state index in [2.05, 4.69) is 0 Å². The van der Waals surface area contributed by atoms with Crippen LogP contribution in [-0.4, -0.2) is 11.1 Å². The van der Waals surface area contributed by atoms with Crippen molar-refractivity contribution in [3.8, 4) is 0 Å². The van der Waals surface area contributed by atoms with E-state index in [1.54, 1.807) is 6.07 Å². The second-order valence-electron chi connectivity index (χ2n) is 5.15. The molecule has 0 radical (unpaired) electrons. The lowest BCUT2D eigenvalue weighted by Crippen LogP contribution is -2.06. The monoisotopic (exact) mass is 274 g/mol. The summed E-state index contributed by atoms with van der Waals surface area (Å²) in [7, 11) is 0. The van der Waals surface area contributed by atoms with Gasteiger partial charge in [-0.1, -0.05) is 42.6 Å². The zero-order valence-electron chi connectivity index (χ0n) is 10.5. The molecule has 0 amide bonds. The largest absolute Gasteiger partial charge is 0.478 e. The molecule has 1 fully saturated rings. The third-order valence-corrected chi connectivity index (χ3v) is 4.37. The maximum absolute atomic E-state index is 11.5. The fourth-order valence-corrected chi connectivity index (χ4v) is 3.42. The third-order valence-electron chi connectivity index (χ3n) is 4.04. The van der Waals surface area contributed by atoms with Crippen LogP contribution >= 0.6 is 11.6 Å². The molecule has 1 saturated carbocycles. The maximum Gasteiger partial charge on any atom is 0.335 e. The minimum absolute atomic E-state index is 0.355. The fourth-order valence-electron chi connectivity index (χ4n) is 3.18. The average Bonchev–Trinajstić information content (AvgIpc) is 2.91. The van der Waals surface area contributed by atoms with Crippen LogP contribution in [0, 0.1) is 0 Å². The standard InChI is InChI=1S/C16H15ClO2/c17-14-7-3-6-12-11(14)8-9-13(16(18)19)15(12)10-4-1-2-5-10/h3,6-10H,1-2,4-5H2,(H,18,19). The molecule has 98 valence electrons. The number of aromatic carboxylic acids is 1. The molecule has 0 saturated heterocycles. The van der Waals surface area contributed by atoms with E-state index in [4.69, 9.17) is 11.6 Å². The van der Waals surface area contributed by atoms with Gasteiger partial charge in [0.15, 0.2) is 0 Å². The average molecular weight is 275 g/mol. The number of halogens is 1. The molecule has 0 bridgehead atoms. The van der Waals surface area contributed by atoms with Crippen LogP contribution in [0.2, 0.25) is 5.02 Å². The van der Waals surface area contributed by atoms with Gasteiger partial charge in [0.25, 0.3) is 0 Å². The molecule has 2 aromatic rings. The van der Waals surface area contributed by atoms with Crippen LogP contribution in [0.25, 0.3) is 10.8 Å². The Morgan fingerprint density at radius 2 is 1.84 bits per heavy atom. The number of benzene rings is 2. The first-order valence-corrected chi connectivity index (χ1v) is 7.00. The summed E-state index contributed by atoms with van der Waals surface area (Å²) >= 11 is 6.22. The van der Waals surface area contributed by atoms with E-state index in [0.29, 0.717) is 16.5 Å². The van der Waals surface area contributed by atoms with Crippen molar-refractivity contribution in [3.05, 3.63) is 46.5 Å². The lowest BCUT2D eigenvalue weighted by atomic mass is 9.88. The highest BCUT2D eigenvalue weighted by molar-refractivity contribution is 6.35. The Balaban J connectivity index is 2.31. The Labute approximate surface area is 117 Å². The fraction of sp³-hybridized carbons (Fsp3) is 0.312. The minimum Gasteiger partial charge on any atom is -0.478 e. The maximum atomic E-state index is 11.5. The van der Waals surface area contributed by atoms with E-state index in [1.165, 1.54) is 12.8 Å². The molecule has 0 unspecified atom stereocenters. The van der Waals surface area contributed by atoms with E-state index in [-0.39, 0.29) is 0 Å². The third kappa shape index (κ3) is 2.10. The van der Waals surface area contributed by atoms with Crippen molar-refractivity contribution in [2.45, 2.75) is 31.6 Å². The van der Waals surface area contributed by atoms with Gasteiger partial charge in [0, 0.05) is 10.4 Å². The van der Waals surface area contributed by atoms with E-state index in [1.807, 2.05) is 24.3 Å². The van der Waals surface area contributed by atoms with Crippen molar-refractivity contribution in [3.63, 3.8) is 0 Å². The Bertz CT molecular complexity index is 642. The topological polar surface area (TPSA) is 37.3 Å². The molecule has 3 rings (SSSR count). The molecule has 2 nitrogen and oxygen atoms in total. The number of hydrogen-bond donors (Lipinski definition) is 1. The van der Waals surface area contributed by atoms with Gasteiger partial charge in [0.05, 0.1) is 5.56 Å². The summed E-state index contributed by atoms with van der Waals surface area (Å²) in [6.45, 7) is 0. The Hall–Kier alpha value is -1.54. The molecule has 0 heterocycles. The number of fused-ring (bicyclic) bond motifs is 1. The quantitative estimate of drug-likeness (QED) is 0.850. The van der Waals surface area contributed by atoms with Gasteiger partial charge in [0.2, 0.25) is 0 Å². The first kappa shape index (κ1) is 12.5. The predicted octanol–water partition coefficient (Wildman–Crippen LogP) is 4.85. The second-order valence-corrected chi connectivity index (χ2v) is 5.56. The molecule has 3 heteroatoms. The van der Waals surface area contributed by atoms with Gasteiger partial charge in [-0.25, -0.2) is 4.79 Å². The zero-order valence-corrected chi connectivity index (χ0v) is 11.3. The summed E-state index contributed by atoms with van der Waals surface area (Å²) in [5, 5.41) is 12.1. The normalized spacial score (nSPS) is 16.1. The van der Waals surface area contributed by atoms with Gasteiger partial charge in [0.1, 0.15) is 0 Å². The molecule has 0 atom stereocenters. The van der Waals surface area contributed by atoms with E-state index in [9.17, 15) is 9.90 Å². The molecular weight excluding hydrogens is 260 g/mol. The SMILES string of the molecule is O=C(O)c1ccc2c(Cl)cccc2c1C1CCCC1. The van der Waals surface area contributed by atoms with Gasteiger partial charge in [-0.2, -0.15) is 0 Å². The summed E-state index contributed by atoms with van der Waals surface area (Å²) in [6.07, 6.45) is 4.51. The lowest BCUT2D eigenvalue weighted by Gasteiger charge is -2.17.